The van der Waals surface area contributed by atoms with Gasteiger partial charge in [0.15, 0.2) is 0 Å². The van der Waals surface area contributed by atoms with Gasteiger partial charge in [-0.25, -0.2) is 0 Å². The van der Waals surface area contributed by atoms with Crippen molar-refractivity contribution in [2.24, 2.45) is 0 Å². The summed E-state index contributed by atoms with van der Waals surface area (Å²) in [5.41, 5.74) is 3.57. The molecule has 1 aromatic heterocycles. The van der Waals surface area contributed by atoms with Gasteiger partial charge in [-0.1, -0.05) is 25.1 Å². The number of benzene rings is 1. The number of para-hydroxylation sites is 1. The fraction of sp³-hybridized carbons (Fsp3) is 0.312. The molecule has 1 aromatic carbocycles. The Hall–Kier alpha value is -1.87. The van der Waals surface area contributed by atoms with Crippen LogP contribution in [-0.2, 0) is 0 Å². The van der Waals surface area contributed by atoms with E-state index in [0.717, 1.165) is 17.9 Å². The number of pyridine rings is 1. The lowest BCUT2D eigenvalue weighted by Crippen LogP contribution is -2.23. The van der Waals surface area contributed by atoms with E-state index in [0.29, 0.717) is 0 Å². The molecule has 0 aliphatic rings. The maximum absolute atomic E-state index is 5.48. The molecule has 2 aromatic rings. The van der Waals surface area contributed by atoms with Crippen LogP contribution in [0.1, 0.15) is 29.7 Å². The van der Waals surface area contributed by atoms with Crippen LogP contribution in [0, 0.1) is 6.92 Å². The number of nitrogens with zero attached hydrogens (tertiary/aromatic N) is 1. The first-order valence-corrected chi connectivity index (χ1v) is 6.54. The third kappa shape index (κ3) is 2.93. The zero-order valence-corrected chi connectivity index (χ0v) is 11.7. The van der Waals surface area contributed by atoms with E-state index in [9.17, 15) is 0 Å². The first kappa shape index (κ1) is 13.6. The Morgan fingerprint density at radius 3 is 2.68 bits per heavy atom. The second-order valence-electron chi connectivity index (χ2n) is 4.46. The molecule has 0 radical (unpaired) electrons. The molecule has 0 saturated carbocycles. The zero-order valence-electron chi connectivity index (χ0n) is 11.7. The van der Waals surface area contributed by atoms with Crippen LogP contribution >= 0.6 is 0 Å². The first-order valence-electron chi connectivity index (χ1n) is 6.54. The van der Waals surface area contributed by atoms with E-state index in [4.69, 9.17) is 4.74 Å². The molecule has 1 N–H and O–H groups in total. The van der Waals surface area contributed by atoms with Crippen LogP contribution in [0.4, 0.5) is 0 Å². The SMILES string of the molecule is CCNC(c1ccncc1C)c1ccccc1OC. The number of hydrogen-bond donors (Lipinski definition) is 1. The van der Waals surface area contributed by atoms with E-state index in [2.05, 4.69) is 36.3 Å². The summed E-state index contributed by atoms with van der Waals surface area (Å²) in [6.07, 6.45) is 3.73. The molecular weight excluding hydrogens is 236 g/mol. The maximum atomic E-state index is 5.48. The highest BCUT2D eigenvalue weighted by atomic mass is 16.5. The Balaban J connectivity index is 2.49. The van der Waals surface area contributed by atoms with Gasteiger partial charge in [0.05, 0.1) is 13.2 Å². The molecule has 19 heavy (non-hydrogen) atoms. The second-order valence-corrected chi connectivity index (χ2v) is 4.46. The predicted molar refractivity (Wildman–Crippen MR) is 77.5 cm³/mol. The second kappa shape index (κ2) is 6.34. The Labute approximate surface area is 114 Å². The van der Waals surface area contributed by atoms with E-state index >= 15 is 0 Å². The van der Waals surface area contributed by atoms with Gasteiger partial charge < -0.3 is 10.1 Å². The Morgan fingerprint density at radius 1 is 1.21 bits per heavy atom. The molecular formula is C16H20N2O. The van der Waals surface area contributed by atoms with Crippen LogP contribution < -0.4 is 10.1 Å². The lowest BCUT2D eigenvalue weighted by molar-refractivity contribution is 0.404. The lowest BCUT2D eigenvalue weighted by atomic mass is 9.95. The molecule has 3 heteroatoms. The van der Waals surface area contributed by atoms with Crippen molar-refractivity contribution in [3.8, 4) is 5.75 Å². The number of aryl methyl sites for hydroxylation is 1. The standard InChI is InChI=1S/C16H20N2O/c1-4-18-16(13-9-10-17-11-12(13)2)14-7-5-6-8-15(14)19-3/h5-11,16,18H,4H2,1-3H3. The van der Waals surface area contributed by atoms with Crippen molar-refractivity contribution in [1.29, 1.82) is 0 Å². The highest BCUT2D eigenvalue weighted by molar-refractivity contribution is 5.43. The van der Waals surface area contributed by atoms with Gasteiger partial charge >= 0.3 is 0 Å². The van der Waals surface area contributed by atoms with Gasteiger partial charge in [-0.05, 0) is 36.7 Å². The van der Waals surface area contributed by atoms with E-state index < -0.39 is 0 Å². The largest absolute Gasteiger partial charge is 0.496 e. The molecule has 0 saturated heterocycles. The van der Waals surface area contributed by atoms with E-state index in [1.165, 1.54) is 11.1 Å². The molecule has 100 valence electrons. The number of methoxy groups -OCH3 is 1. The number of nitrogens with one attached hydrogen (secondary N) is 1. The summed E-state index contributed by atoms with van der Waals surface area (Å²) in [5, 5.41) is 3.52. The molecule has 3 nitrogen and oxygen atoms in total. The van der Waals surface area contributed by atoms with Crippen LogP contribution in [0.25, 0.3) is 0 Å². The van der Waals surface area contributed by atoms with Gasteiger partial charge in [-0.3, -0.25) is 4.98 Å². The van der Waals surface area contributed by atoms with Crippen LogP contribution in [-0.4, -0.2) is 18.6 Å². The van der Waals surface area contributed by atoms with Gasteiger partial charge in [0.2, 0.25) is 0 Å². The fourth-order valence-corrected chi connectivity index (χ4v) is 2.30. The average Bonchev–Trinajstić information content (AvgIpc) is 2.46. The van der Waals surface area contributed by atoms with Crippen molar-refractivity contribution in [1.82, 2.24) is 10.3 Å². The van der Waals surface area contributed by atoms with Gasteiger partial charge in [-0.15, -0.1) is 0 Å². The van der Waals surface area contributed by atoms with Crippen LogP contribution in [0.2, 0.25) is 0 Å². The number of rotatable bonds is 5. The molecule has 0 aliphatic carbocycles. The minimum absolute atomic E-state index is 0.129. The zero-order chi connectivity index (χ0) is 13.7. The first-order chi connectivity index (χ1) is 9.27. The van der Waals surface area contributed by atoms with Crippen molar-refractivity contribution < 1.29 is 4.74 Å². The third-order valence-corrected chi connectivity index (χ3v) is 3.23. The Morgan fingerprint density at radius 2 is 2.00 bits per heavy atom. The maximum Gasteiger partial charge on any atom is 0.123 e. The molecule has 0 amide bonds. The predicted octanol–water partition coefficient (Wildman–Crippen LogP) is 3.10. The van der Waals surface area contributed by atoms with Gasteiger partial charge in [0, 0.05) is 18.0 Å². The number of hydrogen-bond acceptors (Lipinski definition) is 3. The van der Waals surface area contributed by atoms with Gasteiger partial charge in [0.1, 0.15) is 5.75 Å². The molecule has 0 spiro atoms. The Bertz CT molecular complexity index is 540. The van der Waals surface area contributed by atoms with Crippen molar-refractivity contribution in [2.75, 3.05) is 13.7 Å². The summed E-state index contributed by atoms with van der Waals surface area (Å²) in [7, 11) is 1.71. The summed E-state index contributed by atoms with van der Waals surface area (Å²) >= 11 is 0. The molecule has 2 rings (SSSR count). The molecule has 1 heterocycles. The highest BCUT2D eigenvalue weighted by Crippen LogP contribution is 2.30. The topological polar surface area (TPSA) is 34.2 Å². The smallest absolute Gasteiger partial charge is 0.123 e. The minimum Gasteiger partial charge on any atom is -0.496 e. The van der Waals surface area contributed by atoms with Gasteiger partial charge in [-0.2, -0.15) is 0 Å². The molecule has 1 unspecified atom stereocenters. The molecule has 0 bridgehead atoms. The summed E-state index contributed by atoms with van der Waals surface area (Å²) in [6, 6.07) is 10.3. The summed E-state index contributed by atoms with van der Waals surface area (Å²) in [5.74, 6) is 0.907. The quantitative estimate of drug-likeness (QED) is 0.892. The molecule has 1 atom stereocenters. The van der Waals surface area contributed by atoms with Crippen LogP contribution in [0.5, 0.6) is 5.75 Å². The van der Waals surface area contributed by atoms with Crippen molar-refractivity contribution in [2.45, 2.75) is 19.9 Å². The van der Waals surface area contributed by atoms with Crippen molar-refractivity contribution >= 4 is 0 Å². The minimum atomic E-state index is 0.129. The van der Waals surface area contributed by atoms with Gasteiger partial charge in [0.25, 0.3) is 0 Å². The fourth-order valence-electron chi connectivity index (χ4n) is 2.30. The van der Waals surface area contributed by atoms with Crippen molar-refractivity contribution in [3.63, 3.8) is 0 Å². The number of aromatic nitrogens is 1. The van der Waals surface area contributed by atoms with Crippen LogP contribution in [0.15, 0.2) is 42.7 Å². The summed E-state index contributed by atoms with van der Waals surface area (Å²) in [4.78, 5) is 4.16. The number of ether oxygens (including phenoxy) is 1. The van der Waals surface area contributed by atoms with Crippen molar-refractivity contribution in [3.05, 3.63) is 59.4 Å². The lowest BCUT2D eigenvalue weighted by Gasteiger charge is -2.22. The Kier molecular flexibility index (Phi) is 4.53. The average molecular weight is 256 g/mol. The summed E-state index contributed by atoms with van der Waals surface area (Å²) < 4.78 is 5.48. The normalized spacial score (nSPS) is 12.2. The highest BCUT2D eigenvalue weighted by Gasteiger charge is 2.18. The van der Waals surface area contributed by atoms with E-state index in [1.807, 2.05) is 30.6 Å². The summed E-state index contributed by atoms with van der Waals surface area (Å²) in [6.45, 7) is 5.09. The van der Waals surface area contributed by atoms with Crippen LogP contribution in [0.3, 0.4) is 0 Å². The monoisotopic (exact) mass is 256 g/mol. The third-order valence-electron chi connectivity index (χ3n) is 3.23. The molecule has 0 aliphatic heterocycles. The van der Waals surface area contributed by atoms with E-state index in [1.54, 1.807) is 7.11 Å². The van der Waals surface area contributed by atoms with E-state index in [-0.39, 0.29) is 6.04 Å². The molecule has 0 fully saturated rings.